The summed E-state index contributed by atoms with van der Waals surface area (Å²) in [4.78, 5) is 18.0. The molecule has 2 N–H and O–H groups in total. The number of anilines is 1. The summed E-state index contributed by atoms with van der Waals surface area (Å²) < 4.78 is 5.93. The van der Waals surface area contributed by atoms with Crippen LogP contribution in [0.25, 0.3) is 11.2 Å². The molecule has 4 heterocycles. The molecule has 2 fully saturated rings. The molecule has 0 amide bonds. The number of ether oxygens (including phenoxy) is 1. The first-order valence-corrected chi connectivity index (χ1v) is 7.63. The molecule has 2 unspecified atom stereocenters. The average molecular weight is 309 g/mol. The minimum atomic E-state index is 0.172. The number of imidazole rings is 1. The van der Waals surface area contributed by atoms with Gasteiger partial charge >= 0.3 is 0 Å². The van der Waals surface area contributed by atoms with Crippen molar-refractivity contribution < 1.29 is 4.74 Å². The molecule has 2 aliphatic rings. The van der Waals surface area contributed by atoms with Gasteiger partial charge in [0.05, 0.1) is 19.0 Å². The molecule has 0 spiro atoms. The highest BCUT2D eigenvalue weighted by atomic mass is 35.5. The van der Waals surface area contributed by atoms with E-state index in [0.717, 1.165) is 18.7 Å². The van der Waals surface area contributed by atoms with Crippen molar-refractivity contribution in [2.75, 3.05) is 31.6 Å². The van der Waals surface area contributed by atoms with Gasteiger partial charge in [0, 0.05) is 19.1 Å². The smallest absolute Gasteiger partial charge is 0.226 e. The van der Waals surface area contributed by atoms with Gasteiger partial charge in [-0.15, -0.1) is 0 Å². The third kappa shape index (κ3) is 2.56. The van der Waals surface area contributed by atoms with Crippen molar-refractivity contribution in [3.63, 3.8) is 0 Å². The molecule has 0 aliphatic carbocycles. The number of nitrogens with zero attached hydrogens (tertiary/aromatic N) is 4. The fraction of sp³-hybridized carbons (Fsp3) is 0.615. The van der Waals surface area contributed by atoms with Crippen LogP contribution in [0.1, 0.15) is 12.8 Å². The zero-order chi connectivity index (χ0) is 14.2. The highest BCUT2D eigenvalue weighted by Gasteiger charge is 2.32. The number of aromatic amines is 1. The van der Waals surface area contributed by atoms with Gasteiger partial charge in [-0.25, -0.2) is 4.98 Å². The van der Waals surface area contributed by atoms with E-state index in [-0.39, 0.29) is 11.4 Å². The summed E-state index contributed by atoms with van der Waals surface area (Å²) in [5, 5.41) is 3.50. The Kier molecular flexibility index (Phi) is 3.40. The topological polar surface area (TPSA) is 79.0 Å². The quantitative estimate of drug-likeness (QED) is 0.832. The molecule has 7 nitrogen and oxygen atoms in total. The van der Waals surface area contributed by atoms with E-state index in [9.17, 15) is 0 Å². The van der Waals surface area contributed by atoms with Gasteiger partial charge in [0.15, 0.2) is 11.5 Å². The second-order valence-corrected chi connectivity index (χ2v) is 5.91. The fourth-order valence-corrected chi connectivity index (χ4v) is 3.32. The Morgan fingerprint density at radius 3 is 3.38 bits per heavy atom. The monoisotopic (exact) mass is 308 g/mol. The SMILES string of the molecule is Clc1nc(NCC2CN3CCCC3CO2)c2[nH]cnc2n1. The summed E-state index contributed by atoms with van der Waals surface area (Å²) in [6.45, 7) is 3.69. The Morgan fingerprint density at radius 1 is 1.48 bits per heavy atom. The molecule has 4 rings (SSSR count). The lowest BCUT2D eigenvalue weighted by atomic mass is 10.2. The van der Waals surface area contributed by atoms with Crippen molar-refractivity contribution in [1.29, 1.82) is 0 Å². The minimum absolute atomic E-state index is 0.172. The van der Waals surface area contributed by atoms with E-state index in [2.05, 4.69) is 30.2 Å². The minimum Gasteiger partial charge on any atom is -0.373 e. The van der Waals surface area contributed by atoms with E-state index < -0.39 is 0 Å². The molecule has 0 saturated carbocycles. The van der Waals surface area contributed by atoms with Crippen molar-refractivity contribution in [1.82, 2.24) is 24.8 Å². The molecule has 2 aromatic heterocycles. The van der Waals surface area contributed by atoms with Crippen molar-refractivity contribution in [3.05, 3.63) is 11.6 Å². The summed E-state index contributed by atoms with van der Waals surface area (Å²) >= 11 is 5.92. The summed E-state index contributed by atoms with van der Waals surface area (Å²) in [5.74, 6) is 0.676. The van der Waals surface area contributed by atoms with Crippen LogP contribution in [0.5, 0.6) is 0 Å². The first-order valence-electron chi connectivity index (χ1n) is 7.26. The maximum absolute atomic E-state index is 5.93. The van der Waals surface area contributed by atoms with Gasteiger partial charge in [0.25, 0.3) is 0 Å². The molecular formula is C13H17ClN6O. The number of H-pyrrole nitrogens is 1. The van der Waals surface area contributed by atoms with Crippen LogP contribution in [0.4, 0.5) is 5.82 Å². The molecule has 2 aliphatic heterocycles. The van der Waals surface area contributed by atoms with Crippen LogP contribution in [-0.4, -0.2) is 63.2 Å². The number of halogens is 1. The zero-order valence-corrected chi connectivity index (χ0v) is 12.3. The van der Waals surface area contributed by atoms with E-state index in [1.165, 1.54) is 19.4 Å². The number of aromatic nitrogens is 4. The highest BCUT2D eigenvalue weighted by molar-refractivity contribution is 6.28. The van der Waals surface area contributed by atoms with Crippen LogP contribution in [0.3, 0.4) is 0 Å². The Balaban J connectivity index is 1.45. The lowest BCUT2D eigenvalue weighted by Gasteiger charge is -2.35. The van der Waals surface area contributed by atoms with Crippen molar-refractivity contribution in [2.24, 2.45) is 0 Å². The molecule has 8 heteroatoms. The lowest BCUT2D eigenvalue weighted by Crippen LogP contribution is -2.48. The Bertz CT molecular complexity index is 647. The normalized spacial score (nSPS) is 26.1. The Morgan fingerprint density at radius 2 is 2.43 bits per heavy atom. The number of hydrogen-bond acceptors (Lipinski definition) is 6. The van der Waals surface area contributed by atoms with Crippen molar-refractivity contribution in [3.8, 4) is 0 Å². The zero-order valence-electron chi connectivity index (χ0n) is 11.5. The first kappa shape index (κ1) is 13.2. The van der Waals surface area contributed by atoms with Crippen LogP contribution in [0.2, 0.25) is 5.28 Å². The van der Waals surface area contributed by atoms with Crippen LogP contribution in [0, 0.1) is 0 Å². The summed E-state index contributed by atoms with van der Waals surface area (Å²) in [7, 11) is 0. The van der Waals surface area contributed by atoms with Gasteiger partial charge < -0.3 is 15.0 Å². The van der Waals surface area contributed by atoms with Gasteiger partial charge in [-0.3, -0.25) is 4.90 Å². The lowest BCUT2D eigenvalue weighted by molar-refractivity contribution is -0.0415. The first-order chi connectivity index (χ1) is 10.3. The van der Waals surface area contributed by atoms with Crippen LogP contribution in [0.15, 0.2) is 6.33 Å². The van der Waals surface area contributed by atoms with Crippen LogP contribution >= 0.6 is 11.6 Å². The number of hydrogen-bond donors (Lipinski definition) is 2. The van der Waals surface area contributed by atoms with Crippen LogP contribution < -0.4 is 5.32 Å². The highest BCUT2D eigenvalue weighted by Crippen LogP contribution is 2.23. The van der Waals surface area contributed by atoms with E-state index >= 15 is 0 Å². The predicted molar refractivity (Wildman–Crippen MR) is 79.5 cm³/mol. The molecule has 0 aromatic carbocycles. The van der Waals surface area contributed by atoms with Gasteiger partial charge in [0.2, 0.25) is 5.28 Å². The van der Waals surface area contributed by atoms with E-state index in [1.54, 1.807) is 6.33 Å². The third-order valence-electron chi connectivity index (χ3n) is 4.22. The van der Waals surface area contributed by atoms with E-state index in [4.69, 9.17) is 16.3 Å². The summed E-state index contributed by atoms with van der Waals surface area (Å²) in [6, 6.07) is 0.619. The number of rotatable bonds is 3. The third-order valence-corrected chi connectivity index (χ3v) is 4.39. The molecule has 2 atom stereocenters. The maximum atomic E-state index is 5.93. The Labute approximate surface area is 127 Å². The number of fused-ring (bicyclic) bond motifs is 2. The summed E-state index contributed by atoms with van der Waals surface area (Å²) in [5.41, 5.74) is 1.34. The van der Waals surface area contributed by atoms with Crippen molar-refractivity contribution >= 4 is 28.6 Å². The second kappa shape index (κ2) is 5.40. The van der Waals surface area contributed by atoms with Gasteiger partial charge in [-0.2, -0.15) is 9.97 Å². The van der Waals surface area contributed by atoms with Crippen LogP contribution in [-0.2, 0) is 4.74 Å². The standard InChI is InChI=1S/C13H17ClN6O/c14-13-18-11(10-12(19-13)17-7-16-10)15-4-9-5-20-3-1-2-8(20)6-21-9/h7-9H,1-6H2,(H2,15,16,17,18,19). The van der Waals surface area contributed by atoms with Gasteiger partial charge in [-0.1, -0.05) is 0 Å². The molecule has 112 valence electrons. The maximum Gasteiger partial charge on any atom is 0.226 e. The number of morpholine rings is 1. The second-order valence-electron chi connectivity index (χ2n) is 5.57. The fourth-order valence-electron chi connectivity index (χ4n) is 3.15. The van der Waals surface area contributed by atoms with E-state index in [0.29, 0.717) is 24.1 Å². The average Bonchev–Trinajstić information content (AvgIpc) is 3.12. The largest absolute Gasteiger partial charge is 0.373 e. The molecule has 21 heavy (non-hydrogen) atoms. The predicted octanol–water partition coefficient (Wildman–Crippen LogP) is 1.28. The molecule has 2 aromatic rings. The molecular weight excluding hydrogens is 292 g/mol. The molecule has 0 bridgehead atoms. The molecule has 2 saturated heterocycles. The van der Waals surface area contributed by atoms with E-state index in [1.807, 2.05) is 0 Å². The Hall–Kier alpha value is -1.44. The summed E-state index contributed by atoms with van der Waals surface area (Å²) in [6.07, 6.45) is 4.30. The molecule has 0 radical (unpaired) electrons. The van der Waals surface area contributed by atoms with Gasteiger partial charge in [0.1, 0.15) is 5.52 Å². The van der Waals surface area contributed by atoms with Gasteiger partial charge in [-0.05, 0) is 31.0 Å². The number of nitrogens with one attached hydrogen (secondary N) is 2. The van der Waals surface area contributed by atoms with Crippen molar-refractivity contribution in [2.45, 2.75) is 25.0 Å².